The normalized spacial score (nSPS) is 16.4. The van der Waals surface area contributed by atoms with Crippen molar-refractivity contribution in [2.45, 2.75) is 98.8 Å². The number of ether oxygens (including phenoxy) is 4. The summed E-state index contributed by atoms with van der Waals surface area (Å²) in [6.07, 6.45) is 0.511. The van der Waals surface area contributed by atoms with Crippen molar-refractivity contribution in [3.8, 4) is 5.75 Å². The number of aliphatic hydroxyl groups excluding tert-OH is 1. The van der Waals surface area contributed by atoms with Crippen LogP contribution in [0.4, 0.5) is 4.79 Å². The van der Waals surface area contributed by atoms with Crippen LogP contribution in [0.3, 0.4) is 0 Å². The van der Waals surface area contributed by atoms with E-state index in [1.807, 2.05) is 46.8 Å². The highest BCUT2D eigenvalue weighted by atomic mass is 16.6. The van der Waals surface area contributed by atoms with E-state index < -0.39 is 29.8 Å². The van der Waals surface area contributed by atoms with Crippen LogP contribution in [0.15, 0.2) is 18.2 Å². The molecule has 1 aliphatic rings. The molecule has 0 aromatic heterocycles. The lowest BCUT2D eigenvalue weighted by Gasteiger charge is -2.33. The van der Waals surface area contributed by atoms with Gasteiger partial charge in [0.25, 0.3) is 5.91 Å². The van der Waals surface area contributed by atoms with E-state index in [0.717, 1.165) is 38.0 Å². The average Bonchev–Trinajstić information content (AvgIpc) is 3.04. The van der Waals surface area contributed by atoms with Crippen molar-refractivity contribution in [2.75, 3.05) is 66.3 Å². The monoisotopic (exact) mass is 706 g/mol. The standard InChI is InChI=1S/C38H66N4O8/c1-26(2)29(25-40-35(44)30-13-12-28(5)22-34(30)49-19-11-10-18-47-9)23-32(41-37(46)50-38(6,7)8)33(43)24-31(27(3)4)36(45)39-14-15-42-16-20-48-21-17-42/h12-13,22,26-27,29,31-33,43H,10-11,14-21,23-25H2,1-9H3,(H,39,45)(H,40,44)(H,41,46)/t29-,31+,32+,33+/m1/s1. The Hall–Kier alpha value is -2.93. The predicted molar refractivity (Wildman–Crippen MR) is 195 cm³/mol. The smallest absolute Gasteiger partial charge is 0.407 e. The molecule has 4 atom stereocenters. The average molecular weight is 707 g/mol. The zero-order chi connectivity index (χ0) is 37.3. The number of aliphatic hydroxyl groups is 1. The van der Waals surface area contributed by atoms with Crippen molar-refractivity contribution in [1.29, 1.82) is 0 Å². The number of hydrogen-bond donors (Lipinski definition) is 4. The summed E-state index contributed by atoms with van der Waals surface area (Å²) >= 11 is 0. The SMILES string of the molecule is COCCCCOc1cc(C)ccc1C(=O)NC[C@@H](C[C@H](NC(=O)OC(C)(C)C)[C@@H](O)C[C@H](C(=O)NCCN1CCOCC1)C(C)C)C(C)C. The Bertz CT molecular complexity index is 1170. The number of hydrogen-bond acceptors (Lipinski definition) is 9. The van der Waals surface area contributed by atoms with E-state index in [1.165, 1.54) is 0 Å². The van der Waals surface area contributed by atoms with Crippen LogP contribution in [0, 0.1) is 30.6 Å². The highest BCUT2D eigenvalue weighted by Crippen LogP contribution is 2.26. The van der Waals surface area contributed by atoms with Gasteiger partial charge in [-0.2, -0.15) is 0 Å². The molecule has 0 radical (unpaired) electrons. The Morgan fingerprint density at radius 1 is 0.980 bits per heavy atom. The van der Waals surface area contributed by atoms with Crippen molar-refractivity contribution in [3.05, 3.63) is 29.3 Å². The van der Waals surface area contributed by atoms with Gasteiger partial charge in [-0.1, -0.05) is 33.8 Å². The predicted octanol–water partition coefficient (Wildman–Crippen LogP) is 4.56. The lowest BCUT2D eigenvalue weighted by atomic mass is 9.82. The van der Waals surface area contributed by atoms with Crippen LogP contribution >= 0.6 is 0 Å². The maximum Gasteiger partial charge on any atom is 0.407 e. The van der Waals surface area contributed by atoms with Crippen LogP contribution in [0.2, 0.25) is 0 Å². The van der Waals surface area contributed by atoms with Gasteiger partial charge in [-0.3, -0.25) is 14.5 Å². The third-order valence-electron chi connectivity index (χ3n) is 9.04. The van der Waals surface area contributed by atoms with E-state index in [-0.39, 0.29) is 36.0 Å². The number of benzene rings is 1. The van der Waals surface area contributed by atoms with E-state index in [2.05, 4.69) is 20.9 Å². The van der Waals surface area contributed by atoms with Crippen LogP contribution in [-0.2, 0) is 19.0 Å². The molecule has 1 aliphatic heterocycles. The van der Waals surface area contributed by atoms with Gasteiger partial charge >= 0.3 is 6.09 Å². The molecule has 1 aromatic carbocycles. The first kappa shape index (κ1) is 43.2. The van der Waals surface area contributed by atoms with E-state index in [1.54, 1.807) is 33.9 Å². The maximum atomic E-state index is 13.5. The second-order valence-electron chi connectivity index (χ2n) is 15.1. The lowest BCUT2D eigenvalue weighted by molar-refractivity contribution is -0.127. The molecular weight excluding hydrogens is 640 g/mol. The first-order valence-electron chi connectivity index (χ1n) is 18.4. The fraction of sp³-hybridized carbons (Fsp3) is 0.763. The molecule has 0 aliphatic carbocycles. The summed E-state index contributed by atoms with van der Waals surface area (Å²) in [6, 6.07) is 4.80. The van der Waals surface area contributed by atoms with Gasteiger partial charge in [0.2, 0.25) is 5.91 Å². The minimum absolute atomic E-state index is 0.0405. The molecule has 12 nitrogen and oxygen atoms in total. The molecule has 3 amide bonds. The summed E-state index contributed by atoms with van der Waals surface area (Å²) in [4.78, 5) is 42.1. The molecule has 12 heteroatoms. The van der Waals surface area contributed by atoms with E-state index in [9.17, 15) is 19.5 Å². The van der Waals surface area contributed by atoms with Gasteiger partial charge in [-0.25, -0.2) is 4.79 Å². The van der Waals surface area contributed by atoms with Gasteiger partial charge in [-0.05, 0) is 88.8 Å². The molecule has 50 heavy (non-hydrogen) atoms. The third kappa shape index (κ3) is 16.4. The van der Waals surface area contributed by atoms with Crippen molar-refractivity contribution in [3.63, 3.8) is 0 Å². The molecular formula is C38H66N4O8. The molecule has 0 saturated carbocycles. The summed E-state index contributed by atoms with van der Waals surface area (Å²) in [5, 5.41) is 20.7. The van der Waals surface area contributed by atoms with Crippen molar-refractivity contribution >= 4 is 17.9 Å². The highest BCUT2D eigenvalue weighted by Gasteiger charge is 2.33. The number of amides is 3. The maximum absolute atomic E-state index is 13.5. The van der Waals surface area contributed by atoms with E-state index >= 15 is 0 Å². The molecule has 1 heterocycles. The molecule has 286 valence electrons. The summed E-state index contributed by atoms with van der Waals surface area (Å²) in [5.41, 5.74) is 0.709. The first-order chi connectivity index (χ1) is 23.6. The van der Waals surface area contributed by atoms with Gasteiger partial charge in [0.15, 0.2) is 0 Å². The number of rotatable bonds is 21. The van der Waals surface area contributed by atoms with Crippen molar-refractivity contribution in [1.82, 2.24) is 20.9 Å². The first-order valence-corrected chi connectivity index (χ1v) is 18.4. The Morgan fingerprint density at radius 3 is 2.28 bits per heavy atom. The third-order valence-corrected chi connectivity index (χ3v) is 9.04. The summed E-state index contributed by atoms with van der Waals surface area (Å²) < 4.78 is 22.1. The Kier molecular flexibility index (Phi) is 19.1. The molecule has 0 unspecified atom stereocenters. The molecule has 2 rings (SSSR count). The second kappa shape index (κ2) is 22.1. The number of nitrogens with zero attached hydrogens (tertiary/aromatic N) is 1. The summed E-state index contributed by atoms with van der Waals surface area (Å²) in [7, 11) is 1.67. The fourth-order valence-corrected chi connectivity index (χ4v) is 5.87. The Labute approximate surface area is 300 Å². The van der Waals surface area contributed by atoms with Gasteiger partial charge < -0.3 is 40.0 Å². The van der Waals surface area contributed by atoms with E-state index in [4.69, 9.17) is 18.9 Å². The lowest BCUT2D eigenvalue weighted by Crippen LogP contribution is -2.49. The van der Waals surface area contributed by atoms with Gasteiger partial charge in [-0.15, -0.1) is 0 Å². The van der Waals surface area contributed by atoms with Gasteiger partial charge in [0.05, 0.1) is 37.5 Å². The number of carbonyl (C=O) groups excluding carboxylic acids is 3. The minimum atomic E-state index is -1.04. The largest absolute Gasteiger partial charge is 0.493 e. The highest BCUT2D eigenvalue weighted by molar-refractivity contribution is 5.97. The fourth-order valence-electron chi connectivity index (χ4n) is 5.87. The molecule has 4 N–H and O–H groups in total. The molecule has 0 spiro atoms. The van der Waals surface area contributed by atoms with Crippen LogP contribution in [-0.4, -0.2) is 112 Å². The number of carbonyl (C=O) groups is 3. The number of unbranched alkanes of at least 4 members (excludes halogenated alkanes) is 1. The van der Waals surface area contributed by atoms with Gasteiger partial charge in [0, 0.05) is 52.4 Å². The topological polar surface area (TPSA) is 148 Å². The van der Waals surface area contributed by atoms with Crippen LogP contribution in [0.5, 0.6) is 5.75 Å². The number of aryl methyl sites for hydroxylation is 1. The number of nitrogens with one attached hydrogen (secondary N) is 3. The number of methoxy groups -OCH3 is 1. The zero-order valence-corrected chi connectivity index (χ0v) is 32.1. The van der Waals surface area contributed by atoms with Gasteiger partial charge in [0.1, 0.15) is 11.4 Å². The van der Waals surface area contributed by atoms with Crippen molar-refractivity contribution in [2.24, 2.45) is 23.7 Å². The van der Waals surface area contributed by atoms with Crippen molar-refractivity contribution < 1.29 is 38.4 Å². The molecule has 1 saturated heterocycles. The van der Waals surface area contributed by atoms with E-state index in [0.29, 0.717) is 57.3 Å². The molecule has 1 aromatic rings. The quantitative estimate of drug-likeness (QED) is 0.135. The molecule has 1 fully saturated rings. The number of alkyl carbamates (subject to hydrolysis) is 1. The number of morpholine rings is 1. The Morgan fingerprint density at radius 2 is 1.66 bits per heavy atom. The Balaban J connectivity index is 2.15. The van der Waals surface area contributed by atoms with Crippen LogP contribution in [0.25, 0.3) is 0 Å². The van der Waals surface area contributed by atoms with Crippen LogP contribution in [0.1, 0.15) is 90.1 Å². The zero-order valence-electron chi connectivity index (χ0n) is 32.1. The second-order valence-corrected chi connectivity index (χ2v) is 15.1. The van der Waals surface area contributed by atoms with Crippen LogP contribution < -0.4 is 20.7 Å². The summed E-state index contributed by atoms with van der Waals surface area (Å²) in [5.74, 6) is -0.366. The summed E-state index contributed by atoms with van der Waals surface area (Å²) in [6.45, 7) is 21.1. The minimum Gasteiger partial charge on any atom is -0.493 e. The molecule has 0 bridgehead atoms.